The van der Waals surface area contributed by atoms with E-state index in [1.54, 1.807) is 0 Å². The van der Waals surface area contributed by atoms with Crippen LogP contribution in [0.15, 0.2) is 6.33 Å². The van der Waals surface area contributed by atoms with Crippen LogP contribution >= 0.6 is 0 Å². The minimum Gasteiger partial charge on any atom is -0.476 e. The van der Waals surface area contributed by atoms with Crippen molar-refractivity contribution in [3.8, 4) is 5.88 Å². The van der Waals surface area contributed by atoms with Gasteiger partial charge in [0.1, 0.15) is 6.33 Å². The lowest BCUT2D eigenvalue weighted by Gasteiger charge is -2.08. The van der Waals surface area contributed by atoms with Crippen molar-refractivity contribution in [2.45, 2.75) is 13.8 Å². The highest BCUT2D eigenvalue weighted by Crippen LogP contribution is 2.18. The van der Waals surface area contributed by atoms with Gasteiger partial charge in [0, 0.05) is 0 Å². The molecule has 1 rings (SSSR count). The number of nitrogen functional groups attached to an aromatic ring is 1. The Kier molecular flexibility index (Phi) is 3.00. The number of hydrogen-bond donors (Lipinski definition) is 1. The van der Waals surface area contributed by atoms with Crippen molar-refractivity contribution in [1.29, 1.82) is 0 Å². The highest BCUT2D eigenvalue weighted by atomic mass is 19.1. The van der Waals surface area contributed by atoms with Crippen LogP contribution in [-0.4, -0.2) is 16.6 Å². The summed E-state index contributed by atoms with van der Waals surface area (Å²) in [6.07, 6.45) is 1.08. The SMILES string of the molecule is CC(C)COc1ncnc(F)c1N. The summed E-state index contributed by atoms with van der Waals surface area (Å²) in [6, 6.07) is 0. The van der Waals surface area contributed by atoms with Gasteiger partial charge in [-0.2, -0.15) is 9.37 Å². The summed E-state index contributed by atoms with van der Waals surface area (Å²) in [4.78, 5) is 7.00. The fraction of sp³-hybridized carbons (Fsp3) is 0.500. The van der Waals surface area contributed by atoms with Crippen molar-refractivity contribution in [3.63, 3.8) is 0 Å². The van der Waals surface area contributed by atoms with E-state index in [-0.39, 0.29) is 11.6 Å². The van der Waals surface area contributed by atoms with Gasteiger partial charge in [-0.3, -0.25) is 0 Å². The molecule has 0 aliphatic rings. The van der Waals surface area contributed by atoms with E-state index in [0.717, 1.165) is 6.33 Å². The Bertz CT molecular complexity index is 291. The number of nitrogens with two attached hydrogens (primary N) is 1. The van der Waals surface area contributed by atoms with Gasteiger partial charge in [-0.25, -0.2) is 4.98 Å². The van der Waals surface area contributed by atoms with E-state index in [0.29, 0.717) is 12.5 Å². The van der Waals surface area contributed by atoms with E-state index < -0.39 is 5.95 Å². The zero-order chi connectivity index (χ0) is 9.84. The van der Waals surface area contributed by atoms with E-state index in [1.165, 1.54) is 0 Å². The van der Waals surface area contributed by atoms with Crippen LogP contribution in [0, 0.1) is 11.9 Å². The van der Waals surface area contributed by atoms with Gasteiger partial charge in [0.15, 0.2) is 5.69 Å². The molecule has 0 spiro atoms. The van der Waals surface area contributed by atoms with Crippen LogP contribution in [0.1, 0.15) is 13.8 Å². The van der Waals surface area contributed by atoms with Crippen LogP contribution in [0.25, 0.3) is 0 Å². The molecule has 0 aliphatic heterocycles. The number of nitrogens with zero attached hydrogens (tertiary/aromatic N) is 2. The van der Waals surface area contributed by atoms with E-state index in [4.69, 9.17) is 10.5 Å². The topological polar surface area (TPSA) is 61.0 Å². The summed E-state index contributed by atoms with van der Waals surface area (Å²) >= 11 is 0. The van der Waals surface area contributed by atoms with E-state index >= 15 is 0 Å². The Morgan fingerprint density at radius 2 is 2.23 bits per heavy atom. The van der Waals surface area contributed by atoms with Gasteiger partial charge in [-0.15, -0.1) is 0 Å². The van der Waals surface area contributed by atoms with Gasteiger partial charge in [-0.05, 0) is 5.92 Å². The minimum absolute atomic E-state index is 0.112. The Morgan fingerprint density at radius 3 is 2.85 bits per heavy atom. The average molecular weight is 185 g/mol. The van der Waals surface area contributed by atoms with Gasteiger partial charge < -0.3 is 10.5 Å². The maximum absolute atomic E-state index is 12.7. The monoisotopic (exact) mass is 185 g/mol. The number of rotatable bonds is 3. The average Bonchev–Trinajstić information content (AvgIpc) is 2.07. The first-order valence-corrected chi connectivity index (χ1v) is 4.00. The molecule has 0 amide bonds. The van der Waals surface area contributed by atoms with Crippen molar-refractivity contribution in [3.05, 3.63) is 12.3 Å². The molecule has 1 aromatic heterocycles. The first-order chi connectivity index (χ1) is 6.11. The largest absolute Gasteiger partial charge is 0.476 e. The minimum atomic E-state index is -0.742. The molecule has 2 N–H and O–H groups in total. The normalized spacial score (nSPS) is 10.5. The Hall–Kier alpha value is -1.39. The zero-order valence-corrected chi connectivity index (χ0v) is 7.62. The van der Waals surface area contributed by atoms with Gasteiger partial charge in [0.25, 0.3) is 0 Å². The first-order valence-electron chi connectivity index (χ1n) is 4.00. The molecule has 0 aliphatic carbocycles. The van der Waals surface area contributed by atoms with Crippen LogP contribution in [0.3, 0.4) is 0 Å². The standard InChI is InChI=1S/C8H12FN3O/c1-5(2)3-13-8-6(10)7(9)11-4-12-8/h4-5H,3,10H2,1-2H3. The summed E-state index contributed by atoms with van der Waals surface area (Å²) in [6.45, 7) is 4.42. The third kappa shape index (κ3) is 2.54. The molecule has 0 fully saturated rings. The van der Waals surface area contributed by atoms with Gasteiger partial charge >= 0.3 is 0 Å². The van der Waals surface area contributed by atoms with Crippen LogP contribution < -0.4 is 10.5 Å². The molecule has 0 bridgehead atoms. The maximum atomic E-state index is 12.7. The number of hydrogen-bond acceptors (Lipinski definition) is 4. The Morgan fingerprint density at radius 1 is 1.54 bits per heavy atom. The van der Waals surface area contributed by atoms with E-state index in [2.05, 4.69) is 9.97 Å². The van der Waals surface area contributed by atoms with E-state index in [1.807, 2.05) is 13.8 Å². The van der Waals surface area contributed by atoms with Gasteiger partial charge in [-0.1, -0.05) is 13.8 Å². The lowest BCUT2D eigenvalue weighted by atomic mass is 10.2. The van der Waals surface area contributed by atoms with E-state index in [9.17, 15) is 4.39 Å². The molecule has 1 aromatic rings. The molecular weight excluding hydrogens is 173 g/mol. The van der Waals surface area contributed by atoms with Crippen LogP contribution in [0.5, 0.6) is 5.88 Å². The highest BCUT2D eigenvalue weighted by Gasteiger charge is 2.08. The van der Waals surface area contributed by atoms with Gasteiger partial charge in [0.05, 0.1) is 6.61 Å². The summed E-state index contributed by atoms with van der Waals surface area (Å²) in [5.41, 5.74) is 5.21. The zero-order valence-electron chi connectivity index (χ0n) is 7.62. The first kappa shape index (κ1) is 9.70. The van der Waals surface area contributed by atoms with Crippen molar-refractivity contribution >= 4 is 5.69 Å². The van der Waals surface area contributed by atoms with Crippen molar-refractivity contribution in [1.82, 2.24) is 9.97 Å². The fourth-order valence-corrected chi connectivity index (χ4v) is 0.720. The molecule has 1 heterocycles. The molecule has 5 heteroatoms. The van der Waals surface area contributed by atoms with Crippen molar-refractivity contribution in [2.75, 3.05) is 12.3 Å². The second-order valence-electron chi connectivity index (χ2n) is 3.09. The summed E-state index contributed by atoms with van der Waals surface area (Å²) in [5, 5.41) is 0. The molecule has 0 atom stereocenters. The molecule has 72 valence electrons. The third-order valence-corrected chi connectivity index (χ3v) is 1.35. The van der Waals surface area contributed by atoms with Crippen molar-refractivity contribution < 1.29 is 9.13 Å². The smallest absolute Gasteiger partial charge is 0.243 e. The molecule has 0 saturated heterocycles. The summed E-state index contributed by atoms with van der Waals surface area (Å²) < 4.78 is 17.9. The number of halogens is 1. The predicted molar refractivity (Wildman–Crippen MR) is 46.7 cm³/mol. The quantitative estimate of drug-likeness (QED) is 0.719. The molecule has 0 aromatic carbocycles. The van der Waals surface area contributed by atoms with Crippen molar-refractivity contribution in [2.24, 2.45) is 5.92 Å². The summed E-state index contributed by atoms with van der Waals surface area (Å²) in [7, 11) is 0. The second-order valence-corrected chi connectivity index (χ2v) is 3.09. The number of anilines is 1. The second kappa shape index (κ2) is 4.02. The highest BCUT2D eigenvalue weighted by molar-refractivity contribution is 5.45. The fourth-order valence-electron chi connectivity index (χ4n) is 0.720. The predicted octanol–water partition coefficient (Wildman–Crippen LogP) is 1.23. The van der Waals surface area contributed by atoms with Gasteiger partial charge in [0.2, 0.25) is 11.8 Å². The molecule has 4 nitrogen and oxygen atoms in total. The number of ether oxygens (including phenoxy) is 1. The lowest BCUT2D eigenvalue weighted by molar-refractivity contribution is 0.261. The lowest BCUT2D eigenvalue weighted by Crippen LogP contribution is -2.09. The van der Waals surface area contributed by atoms with Crippen LogP contribution in [-0.2, 0) is 0 Å². The number of aromatic nitrogens is 2. The summed E-state index contributed by atoms with van der Waals surface area (Å²) in [5.74, 6) is -0.285. The molecule has 0 saturated carbocycles. The molecule has 0 unspecified atom stereocenters. The molecule has 13 heavy (non-hydrogen) atoms. The Balaban J connectivity index is 2.71. The molecular formula is C8H12FN3O. The Labute approximate surface area is 75.9 Å². The van der Waals surface area contributed by atoms with Crippen LogP contribution in [0.4, 0.5) is 10.1 Å². The van der Waals surface area contributed by atoms with Crippen LogP contribution in [0.2, 0.25) is 0 Å². The maximum Gasteiger partial charge on any atom is 0.243 e. The third-order valence-electron chi connectivity index (χ3n) is 1.35. The molecule has 0 radical (unpaired) electrons.